The molecule has 0 saturated carbocycles. The molecule has 0 aliphatic carbocycles. The highest BCUT2D eigenvalue weighted by atomic mass is 32.1. The fraction of sp³-hybridized carbons (Fsp3) is 0.308. The van der Waals surface area contributed by atoms with E-state index in [9.17, 15) is 14.7 Å². The molecule has 0 radical (unpaired) electrons. The molecule has 2 aromatic carbocycles. The van der Waals surface area contributed by atoms with Crippen LogP contribution in [0.1, 0.15) is 45.4 Å². The zero-order valence-corrected chi connectivity index (χ0v) is 21.0. The van der Waals surface area contributed by atoms with Crippen LogP contribution in [0.4, 0.5) is 16.2 Å². The molecule has 1 aromatic heterocycles. The molecule has 3 aromatic rings. The maximum absolute atomic E-state index is 13.6. The van der Waals surface area contributed by atoms with Crippen LogP contribution in [0.5, 0.6) is 11.5 Å². The van der Waals surface area contributed by atoms with Crippen molar-refractivity contribution in [3.63, 3.8) is 0 Å². The van der Waals surface area contributed by atoms with E-state index in [1.807, 2.05) is 24.3 Å². The van der Waals surface area contributed by atoms with Crippen molar-refractivity contribution in [2.45, 2.75) is 32.7 Å². The Labute approximate surface area is 208 Å². The summed E-state index contributed by atoms with van der Waals surface area (Å²) in [5.74, 6) is 1.13. The van der Waals surface area contributed by atoms with E-state index in [0.29, 0.717) is 40.7 Å². The fourth-order valence-electron chi connectivity index (χ4n) is 4.24. The van der Waals surface area contributed by atoms with Gasteiger partial charge in [0.2, 0.25) is 0 Å². The molecule has 0 atom stereocenters. The first-order valence-electron chi connectivity index (χ1n) is 11.3. The number of carbonyl (C=O) groups is 2. The number of methoxy groups -OCH3 is 2. The number of carboxylic acid groups (broad SMARTS) is 1. The Hall–Kier alpha value is -3.72. The van der Waals surface area contributed by atoms with Gasteiger partial charge in [-0.15, -0.1) is 11.3 Å². The first kappa shape index (κ1) is 24.4. The lowest BCUT2D eigenvalue weighted by Crippen LogP contribution is -2.34. The Morgan fingerprint density at radius 2 is 1.86 bits per heavy atom. The number of carbonyl (C=O) groups excluding carboxylic acids is 1. The summed E-state index contributed by atoms with van der Waals surface area (Å²) in [7, 11) is 3.13. The van der Waals surface area contributed by atoms with Gasteiger partial charge < -0.3 is 30.5 Å². The second kappa shape index (κ2) is 9.87. The highest BCUT2D eigenvalue weighted by molar-refractivity contribution is 7.15. The Kier molecular flexibility index (Phi) is 6.88. The molecule has 0 saturated heterocycles. The smallest absolute Gasteiger partial charge is 0.407 e. The Morgan fingerprint density at radius 3 is 2.51 bits per heavy atom. The minimum Gasteiger partial charge on any atom is -0.493 e. The monoisotopic (exact) mass is 495 g/mol. The average molecular weight is 496 g/mol. The number of nitrogens with one attached hydrogen (secondary N) is 1. The molecule has 184 valence electrons. The predicted molar refractivity (Wildman–Crippen MR) is 138 cm³/mol. The standard InChI is InChI=1S/C26H29N3O5S/c1-14(2)15-5-7-18(27)19(11-15)28-25(30)24-23(16-6-8-20(33-3)21(12-16)34-4)17-9-10-29(26(31)32)13-22(17)35-24/h5-8,11-12,14H,9-10,13,27H2,1-4H3,(H,28,30)(H,31,32). The third-order valence-corrected chi connectivity index (χ3v) is 7.41. The molecule has 0 spiro atoms. The molecule has 8 nitrogen and oxygen atoms in total. The summed E-state index contributed by atoms with van der Waals surface area (Å²) >= 11 is 1.32. The number of amides is 2. The number of anilines is 2. The summed E-state index contributed by atoms with van der Waals surface area (Å²) in [5.41, 5.74) is 10.8. The van der Waals surface area contributed by atoms with Crippen molar-refractivity contribution in [3.05, 3.63) is 57.3 Å². The van der Waals surface area contributed by atoms with E-state index in [1.54, 1.807) is 26.4 Å². The topological polar surface area (TPSA) is 114 Å². The molecular weight excluding hydrogens is 466 g/mol. The van der Waals surface area contributed by atoms with Crippen LogP contribution < -0.4 is 20.5 Å². The van der Waals surface area contributed by atoms with Gasteiger partial charge in [0.1, 0.15) is 4.88 Å². The molecule has 35 heavy (non-hydrogen) atoms. The lowest BCUT2D eigenvalue weighted by Gasteiger charge is -2.24. The number of fused-ring (bicyclic) bond motifs is 1. The number of nitrogens with zero attached hydrogens (tertiary/aromatic N) is 1. The number of nitrogens with two attached hydrogens (primary N) is 1. The second-order valence-corrected chi connectivity index (χ2v) is 9.79. The van der Waals surface area contributed by atoms with Crippen LogP contribution in [-0.2, 0) is 13.0 Å². The fourth-order valence-corrected chi connectivity index (χ4v) is 5.53. The molecule has 2 heterocycles. The summed E-state index contributed by atoms with van der Waals surface area (Å²) in [4.78, 5) is 27.9. The molecule has 0 bridgehead atoms. The summed E-state index contributed by atoms with van der Waals surface area (Å²) in [6, 6.07) is 11.2. The zero-order valence-electron chi connectivity index (χ0n) is 20.2. The number of nitrogen functional groups attached to an aromatic ring is 1. The van der Waals surface area contributed by atoms with Gasteiger partial charge in [0, 0.05) is 17.0 Å². The normalized spacial score (nSPS) is 12.9. The van der Waals surface area contributed by atoms with Gasteiger partial charge >= 0.3 is 6.09 Å². The van der Waals surface area contributed by atoms with E-state index in [2.05, 4.69) is 19.2 Å². The molecule has 1 aliphatic rings. The quantitative estimate of drug-likeness (QED) is 0.393. The van der Waals surface area contributed by atoms with Crippen LogP contribution >= 0.6 is 11.3 Å². The lowest BCUT2D eigenvalue weighted by molar-refractivity contribution is 0.103. The largest absolute Gasteiger partial charge is 0.493 e. The van der Waals surface area contributed by atoms with Gasteiger partial charge in [0.15, 0.2) is 11.5 Å². The summed E-state index contributed by atoms with van der Waals surface area (Å²) in [6.45, 7) is 4.76. The van der Waals surface area contributed by atoms with E-state index in [1.165, 1.54) is 16.2 Å². The number of hydrogen-bond donors (Lipinski definition) is 3. The van der Waals surface area contributed by atoms with Crippen molar-refractivity contribution in [1.82, 2.24) is 4.90 Å². The van der Waals surface area contributed by atoms with Gasteiger partial charge in [-0.1, -0.05) is 26.0 Å². The van der Waals surface area contributed by atoms with Gasteiger partial charge in [0.25, 0.3) is 5.91 Å². The molecule has 2 amide bonds. The summed E-state index contributed by atoms with van der Waals surface area (Å²) < 4.78 is 10.9. The first-order valence-corrected chi connectivity index (χ1v) is 12.1. The second-order valence-electron chi connectivity index (χ2n) is 8.69. The van der Waals surface area contributed by atoms with E-state index in [4.69, 9.17) is 15.2 Å². The van der Waals surface area contributed by atoms with Gasteiger partial charge in [-0.05, 0) is 53.3 Å². The Morgan fingerprint density at radius 1 is 1.11 bits per heavy atom. The molecule has 1 aliphatic heterocycles. The minimum atomic E-state index is -0.971. The van der Waals surface area contributed by atoms with E-state index < -0.39 is 6.09 Å². The van der Waals surface area contributed by atoms with Crippen LogP contribution in [0, 0.1) is 0 Å². The molecular formula is C26H29N3O5S. The Bertz CT molecular complexity index is 1280. The van der Waals surface area contributed by atoms with Gasteiger partial charge in [0.05, 0.1) is 32.1 Å². The van der Waals surface area contributed by atoms with Crippen LogP contribution in [-0.4, -0.2) is 42.8 Å². The minimum absolute atomic E-state index is 0.244. The van der Waals surface area contributed by atoms with E-state index in [-0.39, 0.29) is 18.4 Å². The third kappa shape index (κ3) is 4.77. The van der Waals surface area contributed by atoms with E-state index in [0.717, 1.165) is 27.1 Å². The maximum Gasteiger partial charge on any atom is 0.407 e. The van der Waals surface area contributed by atoms with Gasteiger partial charge in [-0.2, -0.15) is 0 Å². The van der Waals surface area contributed by atoms with Gasteiger partial charge in [-0.25, -0.2) is 4.79 Å². The maximum atomic E-state index is 13.6. The number of ether oxygens (including phenoxy) is 2. The number of rotatable bonds is 6. The summed E-state index contributed by atoms with van der Waals surface area (Å²) in [5, 5.41) is 12.5. The summed E-state index contributed by atoms with van der Waals surface area (Å²) in [6.07, 6.45) is -0.457. The SMILES string of the molecule is COc1ccc(-c2c(C(=O)Nc3cc(C(C)C)ccc3N)sc3c2CCN(C(=O)O)C3)cc1OC. The zero-order chi connectivity index (χ0) is 25.3. The molecule has 0 fully saturated rings. The van der Waals surface area contributed by atoms with Crippen molar-refractivity contribution in [3.8, 4) is 22.6 Å². The number of hydrogen-bond acceptors (Lipinski definition) is 6. The number of benzene rings is 2. The van der Waals surface area contributed by atoms with Gasteiger partial charge in [-0.3, -0.25) is 4.79 Å². The van der Waals surface area contributed by atoms with Crippen molar-refractivity contribution in [2.75, 3.05) is 31.8 Å². The van der Waals surface area contributed by atoms with Crippen molar-refractivity contribution in [1.29, 1.82) is 0 Å². The highest BCUT2D eigenvalue weighted by Gasteiger charge is 2.30. The van der Waals surface area contributed by atoms with Crippen molar-refractivity contribution < 1.29 is 24.2 Å². The van der Waals surface area contributed by atoms with Crippen LogP contribution in [0.3, 0.4) is 0 Å². The van der Waals surface area contributed by atoms with Crippen molar-refractivity contribution in [2.24, 2.45) is 0 Å². The highest BCUT2D eigenvalue weighted by Crippen LogP contribution is 2.43. The van der Waals surface area contributed by atoms with Crippen LogP contribution in [0.25, 0.3) is 11.1 Å². The van der Waals surface area contributed by atoms with Crippen LogP contribution in [0.15, 0.2) is 36.4 Å². The van der Waals surface area contributed by atoms with Crippen LogP contribution in [0.2, 0.25) is 0 Å². The first-order chi connectivity index (χ1) is 16.7. The Balaban J connectivity index is 1.80. The molecule has 4 rings (SSSR count). The van der Waals surface area contributed by atoms with Crippen molar-refractivity contribution >= 4 is 34.7 Å². The average Bonchev–Trinajstić information content (AvgIpc) is 3.23. The van der Waals surface area contributed by atoms with E-state index >= 15 is 0 Å². The molecule has 4 N–H and O–H groups in total. The lowest BCUT2D eigenvalue weighted by atomic mass is 9.95. The molecule has 9 heteroatoms. The predicted octanol–water partition coefficient (Wildman–Crippen LogP) is 5.43. The number of thiophene rings is 1. The molecule has 0 unspecified atom stereocenters. The third-order valence-electron chi connectivity index (χ3n) is 6.20.